The molecule has 0 aromatic heterocycles. The van der Waals surface area contributed by atoms with E-state index in [4.69, 9.17) is 0 Å². The Hall–Kier alpha value is 1.07. The Labute approximate surface area is 90.8 Å². The van der Waals surface area contributed by atoms with Crippen LogP contribution < -0.4 is 56.5 Å². The van der Waals surface area contributed by atoms with Crippen molar-refractivity contribution in [2.45, 2.75) is 6.92 Å². The van der Waals surface area contributed by atoms with Crippen molar-refractivity contribution in [2.24, 2.45) is 0 Å². The summed E-state index contributed by atoms with van der Waals surface area (Å²) >= 11 is 0. The average Bonchev–Trinajstić information content (AvgIpc) is 1.61. The van der Waals surface area contributed by atoms with Crippen LogP contribution in [0.2, 0.25) is 0 Å². The Bertz CT molecular complexity index is 64.3. The Morgan fingerprint density at radius 1 is 1.75 bits per heavy atom. The number of rotatable bonds is 3. The zero-order valence-electron chi connectivity index (χ0n) is 5.14. The molecule has 0 heterocycles. The van der Waals surface area contributed by atoms with Gasteiger partial charge in [-0.05, 0) is 6.92 Å². The minimum absolute atomic E-state index is 0. The minimum Gasteiger partial charge on any atom is -0.548 e. The van der Waals surface area contributed by atoms with Crippen LogP contribution in [-0.2, 0) is 9.53 Å². The van der Waals surface area contributed by atoms with Gasteiger partial charge in [-0.1, -0.05) is 0 Å². The number of aliphatic carboxylic acids is 1. The molecular weight excluding hydrogens is 135 g/mol. The van der Waals surface area contributed by atoms with Crippen LogP contribution in [0.1, 0.15) is 6.92 Å². The quantitative estimate of drug-likeness (QED) is 0.375. The maximum absolute atomic E-state index is 9.52. The van der Waals surface area contributed by atoms with Crippen LogP contribution in [0.3, 0.4) is 0 Å². The van der Waals surface area contributed by atoms with Crippen LogP contribution in [0.4, 0.5) is 0 Å². The van der Waals surface area contributed by atoms with Crippen molar-refractivity contribution in [1.82, 2.24) is 0 Å². The second kappa shape index (κ2) is 8.07. The molecule has 0 saturated carbocycles. The summed E-state index contributed by atoms with van der Waals surface area (Å²) in [5.41, 5.74) is 0. The molecule has 0 aliphatic rings. The summed E-state index contributed by atoms with van der Waals surface area (Å²) in [4.78, 5) is 9.52. The fourth-order valence-electron chi connectivity index (χ4n) is 0.185. The average molecular weight is 142 g/mol. The number of carboxylic acids is 1. The van der Waals surface area contributed by atoms with Gasteiger partial charge in [0, 0.05) is 6.61 Å². The summed E-state index contributed by atoms with van der Waals surface area (Å²) in [5, 5.41) is 9.52. The fraction of sp³-hybridized carbons (Fsp3) is 0.750. The Kier molecular flexibility index (Phi) is 11.9. The SMILES string of the molecule is CCOCC(=O)[O-].[K+]. The summed E-state index contributed by atoms with van der Waals surface area (Å²) < 4.78 is 4.43. The van der Waals surface area contributed by atoms with Crippen molar-refractivity contribution >= 4 is 5.97 Å². The summed E-state index contributed by atoms with van der Waals surface area (Å²) in [6.45, 7) is 1.85. The number of carbonyl (C=O) groups is 1. The van der Waals surface area contributed by atoms with Gasteiger partial charge in [-0.2, -0.15) is 0 Å². The van der Waals surface area contributed by atoms with E-state index in [0.29, 0.717) is 6.61 Å². The molecule has 42 valence electrons. The first-order chi connectivity index (χ1) is 3.27. The molecule has 0 aromatic carbocycles. The predicted molar refractivity (Wildman–Crippen MR) is 21.5 cm³/mol. The van der Waals surface area contributed by atoms with Gasteiger partial charge >= 0.3 is 51.4 Å². The molecule has 3 nitrogen and oxygen atoms in total. The molecule has 4 heteroatoms. The van der Waals surface area contributed by atoms with Crippen LogP contribution in [0, 0.1) is 0 Å². The second-order valence-corrected chi connectivity index (χ2v) is 1.01. The molecule has 0 bridgehead atoms. The smallest absolute Gasteiger partial charge is 0.548 e. The molecular formula is C4H7KO3. The van der Waals surface area contributed by atoms with Crippen LogP contribution in [0.25, 0.3) is 0 Å². The monoisotopic (exact) mass is 142 g/mol. The molecule has 0 rings (SSSR count). The topological polar surface area (TPSA) is 49.4 Å². The molecule has 0 fully saturated rings. The van der Waals surface area contributed by atoms with Crippen molar-refractivity contribution in [3.8, 4) is 0 Å². The first-order valence-electron chi connectivity index (χ1n) is 2.05. The third-order valence-electron chi connectivity index (χ3n) is 0.424. The maximum Gasteiger partial charge on any atom is 1.00 e. The number of hydrogen-bond donors (Lipinski definition) is 0. The maximum atomic E-state index is 9.52. The van der Waals surface area contributed by atoms with E-state index in [1.807, 2.05) is 0 Å². The van der Waals surface area contributed by atoms with Gasteiger partial charge in [-0.3, -0.25) is 0 Å². The number of carboxylic acid groups (broad SMARTS) is 1. The summed E-state index contributed by atoms with van der Waals surface area (Å²) in [6.07, 6.45) is 0. The van der Waals surface area contributed by atoms with E-state index in [9.17, 15) is 9.90 Å². The van der Waals surface area contributed by atoms with Crippen LogP contribution in [0.15, 0.2) is 0 Å². The minimum atomic E-state index is -1.16. The zero-order chi connectivity index (χ0) is 5.70. The third kappa shape index (κ3) is 10.1. The number of hydrogen-bond acceptors (Lipinski definition) is 3. The van der Waals surface area contributed by atoms with Gasteiger partial charge in [0.05, 0.1) is 12.6 Å². The molecule has 0 aromatic rings. The first-order valence-corrected chi connectivity index (χ1v) is 2.05. The number of carbonyl (C=O) groups excluding carboxylic acids is 1. The molecule has 0 unspecified atom stereocenters. The van der Waals surface area contributed by atoms with Crippen LogP contribution in [-0.4, -0.2) is 19.2 Å². The van der Waals surface area contributed by atoms with E-state index >= 15 is 0 Å². The first kappa shape index (κ1) is 11.8. The zero-order valence-corrected chi connectivity index (χ0v) is 8.26. The summed E-state index contributed by atoms with van der Waals surface area (Å²) in [5.74, 6) is -1.16. The fourth-order valence-corrected chi connectivity index (χ4v) is 0.185. The van der Waals surface area contributed by atoms with Gasteiger partial charge in [0.2, 0.25) is 0 Å². The van der Waals surface area contributed by atoms with Crippen molar-refractivity contribution in [2.75, 3.05) is 13.2 Å². The van der Waals surface area contributed by atoms with Crippen molar-refractivity contribution in [1.29, 1.82) is 0 Å². The molecule has 0 spiro atoms. The summed E-state index contributed by atoms with van der Waals surface area (Å²) in [6, 6.07) is 0. The van der Waals surface area contributed by atoms with E-state index < -0.39 is 5.97 Å². The van der Waals surface area contributed by atoms with E-state index in [2.05, 4.69) is 4.74 Å². The molecule has 0 amide bonds. The van der Waals surface area contributed by atoms with Crippen molar-refractivity contribution in [3.05, 3.63) is 0 Å². The van der Waals surface area contributed by atoms with E-state index in [0.717, 1.165) is 0 Å². The van der Waals surface area contributed by atoms with Gasteiger partial charge in [0.25, 0.3) is 0 Å². The second-order valence-electron chi connectivity index (χ2n) is 1.01. The molecule has 0 atom stereocenters. The Morgan fingerprint density at radius 3 is 2.38 bits per heavy atom. The molecule has 0 saturated heterocycles. The predicted octanol–water partition coefficient (Wildman–Crippen LogP) is -4.22. The normalized spacial score (nSPS) is 7.62. The third-order valence-corrected chi connectivity index (χ3v) is 0.424. The Balaban J connectivity index is 0. The largest absolute Gasteiger partial charge is 1.00 e. The molecule has 8 heavy (non-hydrogen) atoms. The van der Waals surface area contributed by atoms with Crippen LogP contribution in [0.5, 0.6) is 0 Å². The van der Waals surface area contributed by atoms with Gasteiger partial charge < -0.3 is 14.6 Å². The van der Waals surface area contributed by atoms with Gasteiger partial charge in [0.1, 0.15) is 0 Å². The standard InChI is InChI=1S/C4H8O3.K/c1-2-7-3-4(5)6;/h2-3H2,1H3,(H,5,6);/q;+1/p-1. The molecule has 0 aliphatic heterocycles. The molecule has 0 radical (unpaired) electrons. The molecule has 0 N–H and O–H groups in total. The van der Waals surface area contributed by atoms with Gasteiger partial charge in [-0.25, -0.2) is 0 Å². The van der Waals surface area contributed by atoms with Gasteiger partial charge in [0.15, 0.2) is 0 Å². The van der Waals surface area contributed by atoms with Crippen molar-refractivity contribution in [3.63, 3.8) is 0 Å². The molecule has 0 aliphatic carbocycles. The summed E-state index contributed by atoms with van der Waals surface area (Å²) in [7, 11) is 0. The van der Waals surface area contributed by atoms with E-state index in [1.165, 1.54) is 0 Å². The van der Waals surface area contributed by atoms with Crippen molar-refractivity contribution < 1.29 is 66.0 Å². The van der Waals surface area contributed by atoms with E-state index in [-0.39, 0.29) is 58.0 Å². The van der Waals surface area contributed by atoms with Gasteiger partial charge in [-0.15, -0.1) is 0 Å². The Morgan fingerprint density at radius 2 is 2.25 bits per heavy atom. The van der Waals surface area contributed by atoms with E-state index in [1.54, 1.807) is 6.92 Å². The van der Waals surface area contributed by atoms with Crippen LogP contribution >= 0.6 is 0 Å². The number of ether oxygens (including phenoxy) is 1.